The Labute approximate surface area is 451 Å². The molecular weight excluding hydrogens is 1010 g/mol. The van der Waals surface area contributed by atoms with Gasteiger partial charge in [-0.15, -0.1) is 11.8 Å². The number of benzene rings is 3. The lowest BCUT2D eigenvalue weighted by atomic mass is 9.99. The van der Waals surface area contributed by atoms with Gasteiger partial charge in [0.15, 0.2) is 5.88 Å². The summed E-state index contributed by atoms with van der Waals surface area (Å²) in [5, 5.41) is 39.6. The first-order valence-electron chi connectivity index (χ1n) is 25.6. The van der Waals surface area contributed by atoms with Gasteiger partial charge in [0.1, 0.15) is 18.1 Å². The highest BCUT2D eigenvalue weighted by molar-refractivity contribution is 7.99. The Bertz CT molecular complexity index is 2650. The summed E-state index contributed by atoms with van der Waals surface area (Å²) in [6, 6.07) is 22.2. The molecule has 5 rings (SSSR count). The zero-order valence-corrected chi connectivity index (χ0v) is 44.2. The molecule has 0 bridgehead atoms. The summed E-state index contributed by atoms with van der Waals surface area (Å²) in [7, 11) is 0. The van der Waals surface area contributed by atoms with Crippen LogP contribution in [0, 0.1) is 5.92 Å². The Hall–Kier alpha value is -7.76. The van der Waals surface area contributed by atoms with Gasteiger partial charge in [-0.3, -0.25) is 52.6 Å². The van der Waals surface area contributed by atoms with Gasteiger partial charge in [0, 0.05) is 44.2 Å². The standard InChI is InChI=1S/C54H71N11O11S/c1-34(2)27-41(63-53(75)42(29-37-13-7-4-8-14-37)62-50(72)39(56)28-36-11-5-3-6-12-36)52(74)61-40(15-9-10-23-55)51(73)60-33-46(68)59-32-45(67)58-31-44(66)57-24-26-77-43-30-49(71)65(54(43)76)38-19-16-35(17-20-38)18-21-47(69)64-25-22-48(64)70/h3-8,11-14,16-17,19-20,30,34,39-42,71,76H,9-10,15,18,21-29,31-33,55-56H2,1-2H3,(H,57,66)(H,58,67)(H,59,68)(H,60,73)(H,61,74)(H,62,72)(H,63,75)/t39-,40-,41-,42-/m1/s1. The van der Waals surface area contributed by atoms with Crippen molar-refractivity contribution in [1.82, 2.24) is 46.7 Å². The van der Waals surface area contributed by atoms with Crippen LogP contribution in [0.4, 0.5) is 0 Å². The summed E-state index contributed by atoms with van der Waals surface area (Å²) >= 11 is 1.17. The number of carbonyl (C=O) groups is 9. The fraction of sp³-hybridized carbons (Fsp3) is 0.426. The number of hydrogen-bond acceptors (Lipinski definition) is 14. The predicted molar refractivity (Wildman–Crippen MR) is 288 cm³/mol. The third-order valence-corrected chi connectivity index (χ3v) is 13.4. The molecular formula is C54H71N11O11S. The van der Waals surface area contributed by atoms with Gasteiger partial charge in [-0.05, 0) is 79.8 Å². The van der Waals surface area contributed by atoms with Crippen molar-refractivity contribution in [2.24, 2.45) is 17.4 Å². The molecule has 1 fully saturated rings. The number of imide groups is 1. The summed E-state index contributed by atoms with van der Waals surface area (Å²) in [4.78, 5) is 118. The van der Waals surface area contributed by atoms with Crippen LogP contribution in [0.25, 0.3) is 5.69 Å². The third-order valence-electron chi connectivity index (χ3n) is 12.4. The maximum Gasteiger partial charge on any atom is 0.243 e. The van der Waals surface area contributed by atoms with E-state index >= 15 is 0 Å². The van der Waals surface area contributed by atoms with E-state index in [1.807, 2.05) is 62.4 Å². The monoisotopic (exact) mass is 1080 g/mol. The summed E-state index contributed by atoms with van der Waals surface area (Å²) in [5.41, 5.74) is 14.9. The molecule has 0 saturated carbocycles. The zero-order chi connectivity index (χ0) is 55.9. The van der Waals surface area contributed by atoms with Crippen LogP contribution >= 0.6 is 11.8 Å². The Morgan fingerprint density at radius 1 is 0.662 bits per heavy atom. The quantitative estimate of drug-likeness (QED) is 0.0187. The third kappa shape index (κ3) is 19.7. The number of amides is 9. The lowest BCUT2D eigenvalue weighted by Gasteiger charge is -2.28. The Kier molecular flexibility index (Phi) is 24.0. The molecule has 0 radical (unpaired) electrons. The molecule has 3 aromatic carbocycles. The molecule has 1 aliphatic rings. The molecule has 1 saturated heterocycles. The normalized spacial score (nSPS) is 13.5. The highest BCUT2D eigenvalue weighted by Crippen LogP contribution is 2.37. The van der Waals surface area contributed by atoms with Gasteiger partial charge in [0.25, 0.3) is 0 Å². The molecule has 1 aromatic heterocycles. The van der Waals surface area contributed by atoms with Gasteiger partial charge in [-0.2, -0.15) is 0 Å². The molecule has 1 aliphatic heterocycles. The molecule has 22 nitrogen and oxygen atoms in total. The van der Waals surface area contributed by atoms with E-state index in [2.05, 4.69) is 37.2 Å². The van der Waals surface area contributed by atoms with E-state index in [4.69, 9.17) is 11.5 Å². The van der Waals surface area contributed by atoms with E-state index in [9.17, 15) is 53.4 Å². The van der Waals surface area contributed by atoms with Crippen LogP contribution in [0.3, 0.4) is 0 Å². The Balaban J connectivity index is 1.04. The molecule has 2 heterocycles. The van der Waals surface area contributed by atoms with E-state index in [0.29, 0.717) is 55.1 Å². The fourth-order valence-corrected chi connectivity index (χ4v) is 8.93. The molecule has 0 aliphatic carbocycles. The summed E-state index contributed by atoms with van der Waals surface area (Å²) in [6.07, 6.45) is 2.65. The zero-order valence-electron chi connectivity index (χ0n) is 43.4. The van der Waals surface area contributed by atoms with Crippen molar-refractivity contribution < 1.29 is 53.4 Å². The first kappa shape index (κ1) is 60.1. The number of rotatable bonds is 31. The number of aromatic hydroxyl groups is 2. The van der Waals surface area contributed by atoms with Crippen LogP contribution in [0.2, 0.25) is 0 Å². The molecule has 9 amide bonds. The second-order valence-corrected chi connectivity index (χ2v) is 20.1. The number of likely N-dealkylation sites (tertiary alicyclic amines) is 1. The number of hydrogen-bond donors (Lipinski definition) is 11. The first-order chi connectivity index (χ1) is 36.9. The van der Waals surface area contributed by atoms with E-state index in [0.717, 1.165) is 16.7 Å². The van der Waals surface area contributed by atoms with E-state index in [1.165, 1.54) is 27.3 Å². The highest BCUT2D eigenvalue weighted by atomic mass is 32.2. The minimum absolute atomic E-state index is 0.0871. The largest absolute Gasteiger partial charge is 0.494 e. The number of nitrogens with two attached hydrogens (primary N) is 2. The summed E-state index contributed by atoms with van der Waals surface area (Å²) < 4.78 is 1.24. The summed E-state index contributed by atoms with van der Waals surface area (Å²) in [6.45, 7) is 3.16. The van der Waals surface area contributed by atoms with Crippen LogP contribution in [0.1, 0.15) is 69.1 Å². The Morgan fingerprint density at radius 2 is 1.23 bits per heavy atom. The van der Waals surface area contributed by atoms with Crippen LogP contribution in [0.15, 0.2) is 95.9 Å². The fourth-order valence-electron chi connectivity index (χ4n) is 8.10. The van der Waals surface area contributed by atoms with Crippen LogP contribution < -0.4 is 48.7 Å². The molecule has 0 unspecified atom stereocenters. The van der Waals surface area contributed by atoms with Crippen LogP contribution in [-0.2, 0) is 62.4 Å². The van der Waals surface area contributed by atoms with Gasteiger partial charge in [-0.1, -0.05) is 86.6 Å². The molecule has 4 atom stereocenters. The second kappa shape index (κ2) is 30.7. The molecule has 13 N–H and O–H groups in total. The van der Waals surface area contributed by atoms with E-state index < -0.39 is 85.2 Å². The number of aryl methyl sites for hydroxylation is 1. The number of nitrogens with zero attached hydrogens (tertiary/aromatic N) is 2. The molecule has 23 heteroatoms. The smallest absolute Gasteiger partial charge is 0.243 e. The number of thioether (sulfide) groups is 1. The Morgan fingerprint density at radius 3 is 1.82 bits per heavy atom. The molecule has 414 valence electrons. The molecule has 4 aromatic rings. The van der Waals surface area contributed by atoms with Crippen molar-refractivity contribution >= 4 is 64.9 Å². The average Bonchev–Trinajstić information content (AvgIpc) is 3.70. The van der Waals surface area contributed by atoms with Gasteiger partial charge in [0.05, 0.1) is 36.3 Å². The van der Waals surface area contributed by atoms with Gasteiger partial charge < -0.3 is 58.9 Å². The van der Waals surface area contributed by atoms with Crippen molar-refractivity contribution in [2.45, 2.75) is 101 Å². The second-order valence-electron chi connectivity index (χ2n) is 18.9. The maximum atomic E-state index is 14.0. The lowest BCUT2D eigenvalue weighted by Crippen LogP contribution is -2.58. The van der Waals surface area contributed by atoms with Crippen molar-refractivity contribution in [3.05, 3.63) is 108 Å². The van der Waals surface area contributed by atoms with Crippen molar-refractivity contribution in [1.29, 1.82) is 0 Å². The molecule has 77 heavy (non-hydrogen) atoms. The SMILES string of the molecule is CC(C)C[C@@H](NC(=O)[C@@H](Cc1ccccc1)NC(=O)[C@H](N)Cc1ccccc1)C(=O)N[C@H](CCCCN)C(=O)NCC(=O)NCC(=O)NCC(=O)NCCSc1cc(O)n(-c2ccc(CCC(=O)N3CCC3=O)cc2)c1O. The average molecular weight is 1080 g/mol. The van der Waals surface area contributed by atoms with Gasteiger partial charge >= 0.3 is 0 Å². The summed E-state index contributed by atoms with van der Waals surface area (Å²) in [5.74, 6) is -5.10. The first-order valence-corrected chi connectivity index (χ1v) is 26.6. The number of nitrogens with one attached hydrogen (secondary N) is 7. The van der Waals surface area contributed by atoms with E-state index in [1.54, 1.807) is 36.4 Å². The topological polar surface area (TPSA) is 339 Å². The van der Waals surface area contributed by atoms with Crippen molar-refractivity contribution in [2.75, 3.05) is 45.0 Å². The minimum atomic E-state index is -1.13. The van der Waals surface area contributed by atoms with Crippen LogP contribution in [0.5, 0.6) is 11.8 Å². The van der Waals surface area contributed by atoms with Crippen molar-refractivity contribution in [3.8, 4) is 17.4 Å². The van der Waals surface area contributed by atoms with Gasteiger partial charge in [-0.25, -0.2) is 0 Å². The van der Waals surface area contributed by atoms with Crippen LogP contribution in [-0.4, -0.2) is 142 Å². The lowest BCUT2D eigenvalue weighted by molar-refractivity contribution is -0.152. The highest BCUT2D eigenvalue weighted by Gasteiger charge is 2.32. The number of unbranched alkanes of at least 4 members (excludes halogenated alkanes) is 1. The maximum absolute atomic E-state index is 14.0. The molecule has 0 spiro atoms. The van der Waals surface area contributed by atoms with Crippen molar-refractivity contribution in [3.63, 3.8) is 0 Å². The number of carbonyl (C=O) groups excluding carboxylic acids is 9. The van der Waals surface area contributed by atoms with Gasteiger partial charge in [0.2, 0.25) is 59.0 Å². The minimum Gasteiger partial charge on any atom is -0.494 e. The number of β-lactam (4-membered cyclic amide) rings is 1. The predicted octanol–water partition coefficient (Wildman–Crippen LogP) is 0.579. The van der Waals surface area contributed by atoms with E-state index in [-0.39, 0.29) is 68.1 Å². The number of aromatic nitrogens is 1.